The number of hydrogen-bond acceptors (Lipinski definition) is 4. The first kappa shape index (κ1) is 21.7. The van der Waals surface area contributed by atoms with Gasteiger partial charge in [0.15, 0.2) is 11.6 Å². The highest BCUT2D eigenvalue weighted by molar-refractivity contribution is 5.76. The summed E-state index contributed by atoms with van der Waals surface area (Å²) < 4.78 is 33.8. The molecule has 2 N–H and O–H groups in total. The summed E-state index contributed by atoms with van der Waals surface area (Å²) >= 11 is 0. The molecule has 0 radical (unpaired) electrons. The van der Waals surface area contributed by atoms with Crippen molar-refractivity contribution in [2.45, 2.75) is 33.3 Å². The van der Waals surface area contributed by atoms with Gasteiger partial charge in [-0.2, -0.15) is 0 Å². The maximum absolute atomic E-state index is 14.4. The SMILES string of the molecule is Cc1ccc(O)c(-c2cc(-c3cccc(F)c3F)cc(NCCCOC(C)C)n2)c1. The number of rotatable bonds is 8. The lowest BCUT2D eigenvalue weighted by Crippen LogP contribution is -2.10. The van der Waals surface area contributed by atoms with Crippen molar-refractivity contribution in [3.63, 3.8) is 0 Å². The van der Waals surface area contributed by atoms with E-state index in [4.69, 9.17) is 4.74 Å². The van der Waals surface area contributed by atoms with E-state index >= 15 is 0 Å². The average Bonchev–Trinajstić information content (AvgIpc) is 2.71. The van der Waals surface area contributed by atoms with Crippen molar-refractivity contribution in [1.29, 1.82) is 0 Å². The van der Waals surface area contributed by atoms with Crippen LogP contribution in [0, 0.1) is 18.6 Å². The third-order valence-electron chi connectivity index (χ3n) is 4.59. The number of phenolic OH excluding ortho intramolecular Hbond substituents is 1. The van der Waals surface area contributed by atoms with Crippen molar-refractivity contribution in [2.24, 2.45) is 0 Å². The van der Waals surface area contributed by atoms with Crippen LogP contribution in [0.3, 0.4) is 0 Å². The van der Waals surface area contributed by atoms with Crippen LogP contribution < -0.4 is 5.32 Å². The molecule has 6 heteroatoms. The van der Waals surface area contributed by atoms with Crippen LogP contribution in [-0.2, 0) is 4.74 Å². The van der Waals surface area contributed by atoms with Gasteiger partial charge in [0.25, 0.3) is 0 Å². The molecule has 0 aliphatic heterocycles. The highest BCUT2D eigenvalue weighted by Gasteiger charge is 2.15. The van der Waals surface area contributed by atoms with Crippen LogP contribution in [0.25, 0.3) is 22.4 Å². The Hall–Kier alpha value is -2.99. The van der Waals surface area contributed by atoms with Gasteiger partial charge in [-0.15, -0.1) is 0 Å². The average molecular weight is 412 g/mol. The van der Waals surface area contributed by atoms with Gasteiger partial charge in [0.2, 0.25) is 0 Å². The molecule has 0 bridgehead atoms. The second-order valence-electron chi connectivity index (χ2n) is 7.45. The molecule has 0 unspecified atom stereocenters. The molecule has 0 fully saturated rings. The van der Waals surface area contributed by atoms with Crippen LogP contribution in [-0.4, -0.2) is 29.3 Å². The predicted octanol–water partition coefficient (Wildman–Crippen LogP) is 5.93. The van der Waals surface area contributed by atoms with Crippen LogP contribution >= 0.6 is 0 Å². The van der Waals surface area contributed by atoms with E-state index in [1.54, 1.807) is 24.3 Å². The molecule has 0 atom stereocenters. The molecular weight excluding hydrogens is 386 g/mol. The van der Waals surface area contributed by atoms with Crippen molar-refractivity contribution in [1.82, 2.24) is 4.98 Å². The Morgan fingerprint density at radius 2 is 1.87 bits per heavy atom. The molecular formula is C24H26F2N2O2. The van der Waals surface area contributed by atoms with Crippen LogP contribution in [0.5, 0.6) is 5.75 Å². The molecule has 1 heterocycles. The van der Waals surface area contributed by atoms with Crippen LogP contribution in [0.1, 0.15) is 25.8 Å². The first-order chi connectivity index (χ1) is 14.3. The summed E-state index contributed by atoms with van der Waals surface area (Å²) in [6, 6.07) is 12.6. The number of phenols is 1. The van der Waals surface area contributed by atoms with E-state index in [1.807, 2.05) is 26.8 Å². The van der Waals surface area contributed by atoms with E-state index in [2.05, 4.69) is 10.3 Å². The zero-order valence-electron chi connectivity index (χ0n) is 17.4. The molecule has 2 aromatic carbocycles. The lowest BCUT2D eigenvalue weighted by molar-refractivity contribution is 0.0787. The first-order valence-electron chi connectivity index (χ1n) is 9.97. The third kappa shape index (κ3) is 5.33. The number of hydrogen-bond donors (Lipinski definition) is 2. The van der Waals surface area contributed by atoms with Gasteiger partial charge in [-0.05, 0) is 63.1 Å². The van der Waals surface area contributed by atoms with E-state index in [0.717, 1.165) is 18.1 Å². The molecule has 1 aromatic heterocycles. The predicted molar refractivity (Wildman–Crippen MR) is 116 cm³/mol. The smallest absolute Gasteiger partial charge is 0.166 e. The summed E-state index contributed by atoms with van der Waals surface area (Å²) in [6.07, 6.45) is 0.932. The largest absolute Gasteiger partial charge is 0.507 e. The minimum atomic E-state index is -0.917. The Morgan fingerprint density at radius 3 is 2.63 bits per heavy atom. The third-order valence-corrected chi connectivity index (χ3v) is 4.59. The number of aromatic nitrogens is 1. The van der Waals surface area contributed by atoms with Gasteiger partial charge in [-0.25, -0.2) is 13.8 Å². The lowest BCUT2D eigenvalue weighted by Gasteiger charge is -2.13. The topological polar surface area (TPSA) is 54.4 Å². The number of halogens is 2. The van der Waals surface area contributed by atoms with E-state index in [1.165, 1.54) is 12.1 Å². The Bertz CT molecular complexity index is 1000. The molecule has 3 aromatic rings. The molecule has 0 spiro atoms. The number of nitrogens with one attached hydrogen (secondary N) is 1. The van der Waals surface area contributed by atoms with Crippen molar-refractivity contribution >= 4 is 5.82 Å². The second kappa shape index (κ2) is 9.67. The zero-order valence-corrected chi connectivity index (χ0v) is 17.4. The minimum absolute atomic E-state index is 0.0706. The second-order valence-corrected chi connectivity index (χ2v) is 7.45. The fourth-order valence-electron chi connectivity index (χ4n) is 3.10. The fraction of sp³-hybridized carbons (Fsp3) is 0.292. The standard InChI is InChI=1S/C24H26F2N2O2/c1-15(2)30-11-5-10-27-23-14-17(18-6-4-7-20(25)24(18)26)13-21(28-23)19-12-16(3)8-9-22(19)29/h4,6-9,12-15,29H,5,10-11H2,1-3H3,(H,27,28). The maximum Gasteiger partial charge on any atom is 0.166 e. The molecule has 158 valence electrons. The highest BCUT2D eigenvalue weighted by Crippen LogP contribution is 2.34. The van der Waals surface area contributed by atoms with Crippen molar-refractivity contribution < 1.29 is 18.6 Å². The zero-order chi connectivity index (χ0) is 21.7. The number of pyridine rings is 1. The summed E-state index contributed by atoms with van der Waals surface area (Å²) in [5, 5.41) is 13.5. The van der Waals surface area contributed by atoms with Gasteiger partial charge in [-0.3, -0.25) is 0 Å². The number of benzene rings is 2. The van der Waals surface area contributed by atoms with Gasteiger partial charge >= 0.3 is 0 Å². The molecule has 0 aliphatic carbocycles. The monoisotopic (exact) mass is 412 g/mol. The number of aromatic hydroxyl groups is 1. The highest BCUT2D eigenvalue weighted by atomic mass is 19.2. The molecule has 30 heavy (non-hydrogen) atoms. The molecule has 3 rings (SSSR count). The number of nitrogens with zero attached hydrogens (tertiary/aromatic N) is 1. The van der Waals surface area contributed by atoms with Crippen molar-refractivity contribution in [3.8, 4) is 28.1 Å². The first-order valence-corrected chi connectivity index (χ1v) is 9.97. The van der Waals surface area contributed by atoms with Crippen LogP contribution in [0.4, 0.5) is 14.6 Å². The Kier molecular flexibility index (Phi) is 7.00. The molecule has 4 nitrogen and oxygen atoms in total. The maximum atomic E-state index is 14.4. The van der Waals surface area contributed by atoms with E-state index < -0.39 is 11.6 Å². The minimum Gasteiger partial charge on any atom is -0.507 e. The van der Waals surface area contributed by atoms with E-state index in [0.29, 0.717) is 35.8 Å². The van der Waals surface area contributed by atoms with Crippen molar-refractivity contribution in [2.75, 3.05) is 18.5 Å². The van der Waals surface area contributed by atoms with Gasteiger partial charge in [0, 0.05) is 24.3 Å². The molecule has 0 amide bonds. The van der Waals surface area contributed by atoms with E-state index in [-0.39, 0.29) is 17.4 Å². The van der Waals surface area contributed by atoms with Gasteiger partial charge in [0.05, 0.1) is 11.8 Å². The van der Waals surface area contributed by atoms with Crippen molar-refractivity contribution in [3.05, 3.63) is 65.7 Å². The van der Waals surface area contributed by atoms with Gasteiger partial charge < -0.3 is 15.2 Å². The normalized spacial score (nSPS) is 11.1. The lowest BCUT2D eigenvalue weighted by atomic mass is 10.0. The van der Waals surface area contributed by atoms with Crippen LogP contribution in [0.15, 0.2) is 48.5 Å². The summed E-state index contributed by atoms with van der Waals surface area (Å²) in [4.78, 5) is 4.59. The Morgan fingerprint density at radius 1 is 1.07 bits per heavy atom. The Labute approximate surface area is 175 Å². The Balaban J connectivity index is 1.98. The number of aryl methyl sites for hydroxylation is 1. The molecule has 0 saturated heterocycles. The molecule has 0 saturated carbocycles. The fourth-order valence-corrected chi connectivity index (χ4v) is 3.10. The number of ether oxygens (including phenoxy) is 1. The summed E-state index contributed by atoms with van der Waals surface area (Å²) in [6.45, 7) is 7.08. The van der Waals surface area contributed by atoms with Gasteiger partial charge in [0.1, 0.15) is 11.6 Å². The van der Waals surface area contributed by atoms with Gasteiger partial charge in [-0.1, -0.05) is 23.8 Å². The summed E-state index contributed by atoms with van der Waals surface area (Å²) in [5.41, 5.74) is 2.56. The number of anilines is 1. The molecule has 0 aliphatic rings. The van der Waals surface area contributed by atoms with Crippen LogP contribution in [0.2, 0.25) is 0 Å². The quantitative estimate of drug-likeness (QED) is 0.450. The summed E-state index contributed by atoms with van der Waals surface area (Å²) in [7, 11) is 0. The van der Waals surface area contributed by atoms with E-state index in [9.17, 15) is 13.9 Å². The summed E-state index contributed by atoms with van der Waals surface area (Å²) in [5.74, 6) is -1.25.